The molecular weight excluding hydrogens is 382 g/mol. The summed E-state index contributed by atoms with van der Waals surface area (Å²) >= 11 is 0. The van der Waals surface area contributed by atoms with Gasteiger partial charge in [0.1, 0.15) is 17.7 Å². The van der Waals surface area contributed by atoms with E-state index in [1.54, 1.807) is 24.3 Å². The number of nitrogens with zero attached hydrogens (tertiary/aromatic N) is 1. The molecule has 2 unspecified atom stereocenters. The maximum atomic E-state index is 13.7. The number of nitrogens with one attached hydrogen (secondary N) is 2. The van der Waals surface area contributed by atoms with E-state index in [0.29, 0.717) is 22.6 Å². The number of rotatable bonds is 4. The fourth-order valence-electron chi connectivity index (χ4n) is 3.33. The van der Waals surface area contributed by atoms with Crippen LogP contribution in [0.5, 0.6) is 0 Å². The Morgan fingerprint density at radius 2 is 1.48 bits per heavy atom. The molecule has 1 heterocycles. The van der Waals surface area contributed by atoms with Crippen LogP contribution in [0.1, 0.15) is 28.8 Å². The monoisotopic (exact) mass is 399 g/mol. The third-order valence-electron chi connectivity index (χ3n) is 4.72. The van der Waals surface area contributed by atoms with Gasteiger partial charge in [-0.05, 0) is 53.1 Å². The van der Waals surface area contributed by atoms with E-state index in [1.165, 1.54) is 30.3 Å². The van der Waals surface area contributed by atoms with Crippen molar-refractivity contribution in [2.24, 2.45) is 4.99 Å². The van der Waals surface area contributed by atoms with Crippen molar-refractivity contribution < 1.29 is 17.6 Å². The zero-order valence-corrected chi connectivity index (χ0v) is 15.2. The average Bonchev–Trinajstić information content (AvgIpc) is 3.13. The minimum Gasteiger partial charge on any atom is -0.352 e. The van der Waals surface area contributed by atoms with Crippen molar-refractivity contribution in [1.82, 2.24) is 10.6 Å². The zero-order chi connectivity index (χ0) is 20.4. The van der Waals surface area contributed by atoms with Crippen molar-refractivity contribution in [3.63, 3.8) is 0 Å². The molecular formula is C22H17F4N3. The normalized spacial score (nSPS) is 18.3. The summed E-state index contributed by atoms with van der Waals surface area (Å²) < 4.78 is 54.0. The van der Waals surface area contributed by atoms with Crippen LogP contribution in [-0.4, -0.2) is 5.96 Å². The number of benzene rings is 3. The summed E-state index contributed by atoms with van der Waals surface area (Å²) in [5, 5.41) is 6.22. The largest absolute Gasteiger partial charge is 0.352 e. The first-order valence-corrected chi connectivity index (χ1v) is 9.02. The van der Waals surface area contributed by atoms with Crippen LogP contribution in [0, 0.1) is 23.3 Å². The first kappa shape index (κ1) is 19.0. The Hall–Kier alpha value is -3.35. The molecule has 0 spiro atoms. The molecule has 4 rings (SSSR count). The highest BCUT2D eigenvalue weighted by Gasteiger charge is 2.31. The molecule has 0 amide bonds. The molecule has 29 heavy (non-hydrogen) atoms. The van der Waals surface area contributed by atoms with E-state index in [4.69, 9.17) is 0 Å². The van der Waals surface area contributed by atoms with Crippen LogP contribution < -0.4 is 10.6 Å². The molecule has 3 nitrogen and oxygen atoms in total. The predicted molar refractivity (Wildman–Crippen MR) is 102 cm³/mol. The van der Waals surface area contributed by atoms with Gasteiger partial charge in [0.2, 0.25) is 0 Å². The Labute approximate surface area is 165 Å². The maximum Gasteiger partial charge on any atom is 0.192 e. The van der Waals surface area contributed by atoms with Gasteiger partial charge in [-0.15, -0.1) is 0 Å². The van der Waals surface area contributed by atoms with Crippen molar-refractivity contribution >= 4 is 5.96 Å². The lowest BCUT2D eigenvalue weighted by Crippen LogP contribution is -2.35. The van der Waals surface area contributed by atoms with Crippen molar-refractivity contribution in [3.05, 3.63) is 107 Å². The zero-order valence-electron chi connectivity index (χ0n) is 15.2. The Bertz CT molecular complexity index is 1070. The van der Waals surface area contributed by atoms with E-state index in [0.717, 1.165) is 12.1 Å². The topological polar surface area (TPSA) is 36.4 Å². The molecule has 0 saturated carbocycles. The predicted octanol–water partition coefficient (Wildman–Crippen LogP) is 4.77. The molecule has 2 atom stereocenters. The average molecular weight is 399 g/mol. The van der Waals surface area contributed by atoms with Gasteiger partial charge in [-0.1, -0.05) is 30.3 Å². The Kier molecular flexibility index (Phi) is 5.20. The summed E-state index contributed by atoms with van der Waals surface area (Å²) in [6, 6.07) is 14.9. The summed E-state index contributed by atoms with van der Waals surface area (Å²) in [6.07, 6.45) is 0. The Morgan fingerprint density at radius 1 is 0.793 bits per heavy atom. The van der Waals surface area contributed by atoms with Gasteiger partial charge in [0.15, 0.2) is 17.6 Å². The lowest BCUT2D eigenvalue weighted by molar-refractivity contribution is 0.506. The van der Waals surface area contributed by atoms with Crippen molar-refractivity contribution in [1.29, 1.82) is 0 Å². The number of halogens is 4. The SMILES string of the molecule is Fc1cccc(C2N=C(NCc3ccc(F)c(F)c3)NC2c2cccc(F)c2)c1. The fourth-order valence-corrected chi connectivity index (χ4v) is 3.33. The highest BCUT2D eigenvalue weighted by atomic mass is 19.2. The molecule has 2 N–H and O–H groups in total. The van der Waals surface area contributed by atoms with E-state index < -0.39 is 23.7 Å². The Morgan fingerprint density at radius 3 is 2.17 bits per heavy atom. The van der Waals surface area contributed by atoms with Crippen LogP contribution in [0.15, 0.2) is 71.7 Å². The highest BCUT2D eigenvalue weighted by Crippen LogP contribution is 2.36. The van der Waals surface area contributed by atoms with Gasteiger partial charge in [-0.3, -0.25) is 0 Å². The summed E-state index contributed by atoms with van der Waals surface area (Å²) in [7, 11) is 0. The van der Waals surface area contributed by atoms with E-state index in [2.05, 4.69) is 15.6 Å². The van der Waals surface area contributed by atoms with Gasteiger partial charge in [-0.2, -0.15) is 0 Å². The number of hydrogen-bond donors (Lipinski definition) is 2. The number of aliphatic imine (C=N–C) groups is 1. The van der Waals surface area contributed by atoms with Gasteiger partial charge in [0.25, 0.3) is 0 Å². The van der Waals surface area contributed by atoms with Crippen molar-refractivity contribution in [2.45, 2.75) is 18.6 Å². The number of guanidine groups is 1. The molecule has 3 aromatic carbocycles. The van der Waals surface area contributed by atoms with Gasteiger partial charge in [0, 0.05) is 6.54 Å². The minimum atomic E-state index is -0.930. The van der Waals surface area contributed by atoms with Crippen molar-refractivity contribution in [2.75, 3.05) is 0 Å². The molecule has 0 saturated heterocycles. The lowest BCUT2D eigenvalue weighted by atomic mass is 9.95. The molecule has 148 valence electrons. The standard InChI is InChI=1S/C22H17F4N3/c23-16-5-1-3-14(10-16)20-21(15-4-2-6-17(24)11-15)29-22(28-20)27-12-13-7-8-18(25)19(26)9-13/h1-11,20-21H,12H2,(H2,27,28,29). The van der Waals surface area contributed by atoms with Crippen molar-refractivity contribution in [3.8, 4) is 0 Å². The second-order valence-electron chi connectivity index (χ2n) is 6.76. The fraction of sp³-hybridized carbons (Fsp3) is 0.136. The molecule has 0 aliphatic carbocycles. The molecule has 0 bridgehead atoms. The summed E-state index contributed by atoms with van der Waals surface area (Å²) in [6.45, 7) is 0.203. The lowest BCUT2D eigenvalue weighted by Gasteiger charge is -2.19. The van der Waals surface area contributed by atoms with Crippen LogP contribution in [0.4, 0.5) is 17.6 Å². The first-order valence-electron chi connectivity index (χ1n) is 9.02. The van der Waals surface area contributed by atoms with Gasteiger partial charge in [-0.25, -0.2) is 22.6 Å². The van der Waals surface area contributed by atoms with Crippen LogP contribution in [0.25, 0.3) is 0 Å². The Balaban J connectivity index is 1.59. The molecule has 0 aromatic heterocycles. The molecule has 1 aliphatic rings. The van der Waals surface area contributed by atoms with Crippen LogP contribution in [0.2, 0.25) is 0 Å². The van der Waals surface area contributed by atoms with E-state index in [-0.39, 0.29) is 18.2 Å². The van der Waals surface area contributed by atoms with E-state index in [9.17, 15) is 17.6 Å². The van der Waals surface area contributed by atoms with E-state index in [1.807, 2.05) is 0 Å². The van der Waals surface area contributed by atoms with Gasteiger partial charge in [0.05, 0.1) is 6.04 Å². The van der Waals surface area contributed by atoms with Gasteiger partial charge < -0.3 is 10.6 Å². The summed E-state index contributed by atoms with van der Waals surface area (Å²) in [5.41, 5.74) is 1.83. The second kappa shape index (κ2) is 7.95. The van der Waals surface area contributed by atoms with Crippen LogP contribution >= 0.6 is 0 Å². The molecule has 0 fully saturated rings. The highest BCUT2D eigenvalue weighted by molar-refractivity contribution is 5.82. The van der Waals surface area contributed by atoms with Gasteiger partial charge >= 0.3 is 0 Å². The quantitative estimate of drug-likeness (QED) is 0.620. The molecule has 3 aromatic rings. The molecule has 7 heteroatoms. The first-order chi connectivity index (χ1) is 14.0. The minimum absolute atomic E-state index is 0.203. The molecule has 0 radical (unpaired) electrons. The maximum absolute atomic E-state index is 13.7. The smallest absolute Gasteiger partial charge is 0.192 e. The number of hydrogen-bond acceptors (Lipinski definition) is 3. The molecule has 1 aliphatic heterocycles. The third kappa shape index (κ3) is 4.23. The van der Waals surface area contributed by atoms with Crippen LogP contribution in [0.3, 0.4) is 0 Å². The third-order valence-corrected chi connectivity index (χ3v) is 4.72. The van der Waals surface area contributed by atoms with E-state index >= 15 is 0 Å². The summed E-state index contributed by atoms with van der Waals surface area (Å²) in [4.78, 5) is 4.58. The summed E-state index contributed by atoms with van der Waals surface area (Å²) in [5.74, 6) is -2.22. The van der Waals surface area contributed by atoms with Crippen LogP contribution in [-0.2, 0) is 6.54 Å². The second-order valence-corrected chi connectivity index (χ2v) is 6.76.